The highest BCUT2D eigenvalue weighted by molar-refractivity contribution is 9.10. The van der Waals surface area contributed by atoms with Crippen molar-refractivity contribution in [2.75, 3.05) is 5.32 Å². The molecule has 1 amide bonds. The Bertz CT molecular complexity index is 666. The molecular formula is C15H15BrClN3O. The number of carbonyl (C=O) groups excluding carboxylic acids is 1. The van der Waals surface area contributed by atoms with E-state index in [9.17, 15) is 4.79 Å². The number of hydrogen-bond donors (Lipinski definition) is 1. The first kappa shape index (κ1) is 15.9. The predicted molar refractivity (Wildman–Crippen MR) is 87.8 cm³/mol. The third-order valence-electron chi connectivity index (χ3n) is 2.76. The molecule has 0 saturated carbocycles. The number of aromatic nitrogens is 2. The van der Waals surface area contributed by atoms with E-state index in [4.69, 9.17) is 11.6 Å². The SMILES string of the molecule is CC(C)(C)c1ncc(NC(=O)c2ccc(Br)cc2Cl)cn1. The summed E-state index contributed by atoms with van der Waals surface area (Å²) in [6.07, 6.45) is 3.19. The van der Waals surface area contributed by atoms with E-state index in [2.05, 4.69) is 31.2 Å². The molecule has 1 aromatic heterocycles. The third-order valence-corrected chi connectivity index (χ3v) is 3.56. The molecule has 1 N–H and O–H groups in total. The Labute approximate surface area is 137 Å². The zero-order valence-corrected chi connectivity index (χ0v) is 14.3. The maximum atomic E-state index is 12.2. The summed E-state index contributed by atoms with van der Waals surface area (Å²) in [5.74, 6) is 0.432. The van der Waals surface area contributed by atoms with Gasteiger partial charge < -0.3 is 5.32 Å². The van der Waals surface area contributed by atoms with E-state index in [1.807, 2.05) is 20.8 Å². The van der Waals surface area contributed by atoms with Crippen molar-refractivity contribution in [3.8, 4) is 0 Å². The van der Waals surface area contributed by atoms with Crippen LogP contribution >= 0.6 is 27.5 Å². The summed E-state index contributed by atoms with van der Waals surface area (Å²) in [4.78, 5) is 20.7. The number of benzene rings is 1. The van der Waals surface area contributed by atoms with Gasteiger partial charge in [-0.1, -0.05) is 48.3 Å². The second kappa shape index (κ2) is 6.12. The van der Waals surface area contributed by atoms with Crippen LogP contribution in [0.3, 0.4) is 0 Å². The summed E-state index contributed by atoms with van der Waals surface area (Å²) in [5, 5.41) is 3.12. The number of nitrogens with zero attached hydrogens (tertiary/aromatic N) is 2. The number of nitrogens with one attached hydrogen (secondary N) is 1. The van der Waals surface area contributed by atoms with Crippen molar-refractivity contribution < 1.29 is 4.79 Å². The fourth-order valence-electron chi connectivity index (χ4n) is 1.65. The van der Waals surface area contributed by atoms with Gasteiger partial charge in [-0.3, -0.25) is 4.79 Å². The van der Waals surface area contributed by atoms with Gasteiger partial charge in [-0.05, 0) is 18.2 Å². The molecule has 0 aliphatic rings. The molecule has 1 heterocycles. The Morgan fingerprint density at radius 3 is 2.38 bits per heavy atom. The highest BCUT2D eigenvalue weighted by atomic mass is 79.9. The molecule has 4 nitrogen and oxygen atoms in total. The topological polar surface area (TPSA) is 54.9 Å². The lowest BCUT2D eigenvalue weighted by molar-refractivity contribution is 0.102. The summed E-state index contributed by atoms with van der Waals surface area (Å²) in [7, 11) is 0. The van der Waals surface area contributed by atoms with Crippen molar-refractivity contribution in [3.63, 3.8) is 0 Å². The lowest BCUT2D eigenvalue weighted by atomic mass is 9.96. The van der Waals surface area contributed by atoms with Crippen molar-refractivity contribution >= 4 is 39.1 Å². The smallest absolute Gasteiger partial charge is 0.257 e. The molecule has 0 bridgehead atoms. The average Bonchev–Trinajstić information content (AvgIpc) is 2.38. The van der Waals surface area contributed by atoms with Gasteiger partial charge in [-0.15, -0.1) is 0 Å². The number of carbonyl (C=O) groups is 1. The van der Waals surface area contributed by atoms with Crippen LogP contribution in [0, 0.1) is 0 Å². The van der Waals surface area contributed by atoms with Crippen molar-refractivity contribution in [2.45, 2.75) is 26.2 Å². The predicted octanol–water partition coefficient (Wildman–Crippen LogP) is 4.44. The van der Waals surface area contributed by atoms with Crippen LogP contribution in [0.15, 0.2) is 35.1 Å². The van der Waals surface area contributed by atoms with Crippen LogP contribution in [0.25, 0.3) is 0 Å². The third kappa shape index (κ3) is 4.02. The van der Waals surface area contributed by atoms with Crippen LogP contribution in [0.5, 0.6) is 0 Å². The number of anilines is 1. The van der Waals surface area contributed by atoms with Gasteiger partial charge in [0, 0.05) is 9.89 Å². The van der Waals surface area contributed by atoms with Gasteiger partial charge in [0.2, 0.25) is 0 Å². The lowest BCUT2D eigenvalue weighted by Crippen LogP contribution is -2.17. The summed E-state index contributed by atoms with van der Waals surface area (Å²) < 4.78 is 0.821. The molecule has 0 unspecified atom stereocenters. The Kier molecular flexibility index (Phi) is 4.64. The molecule has 0 saturated heterocycles. The van der Waals surface area contributed by atoms with Gasteiger partial charge >= 0.3 is 0 Å². The van der Waals surface area contributed by atoms with Crippen LogP contribution in [0.4, 0.5) is 5.69 Å². The molecule has 0 radical (unpaired) electrons. The van der Waals surface area contributed by atoms with E-state index in [-0.39, 0.29) is 11.3 Å². The van der Waals surface area contributed by atoms with Crippen molar-refractivity contribution in [1.82, 2.24) is 9.97 Å². The fourth-order valence-corrected chi connectivity index (χ4v) is 2.41. The maximum absolute atomic E-state index is 12.2. The van der Waals surface area contributed by atoms with Crippen LogP contribution in [0.2, 0.25) is 5.02 Å². The number of hydrogen-bond acceptors (Lipinski definition) is 3. The van der Waals surface area contributed by atoms with Gasteiger partial charge in [-0.2, -0.15) is 0 Å². The quantitative estimate of drug-likeness (QED) is 0.852. The van der Waals surface area contributed by atoms with E-state index in [0.717, 1.165) is 10.3 Å². The molecule has 2 rings (SSSR count). The monoisotopic (exact) mass is 367 g/mol. The van der Waals surface area contributed by atoms with E-state index in [0.29, 0.717) is 16.3 Å². The van der Waals surface area contributed by atoms with Gasteiger partial charge in [0.15, 0.2) is 0 Å². The minimum Gasteiger partial charge on any atom is -0.319 e. The largest absolute Gasteiger partial charge is 0.319 e. The average molecular weight is 369 g/mol. The Morgan fingerprint density at radius 2 is 1.86 bits per heavy atom. The highest BCUT2D eigenvalue weighted by Gasteiger charge is 2.17. The standard InChI is InChI=1S/C15H15BrClN3O/c1-15(2,3)14-18-7-10(8-19-14)20-13(21)11-5-4-9(16)6-12(11)17/h4-8H,1-3H3,(H,20,21). The van der Waals surface area contributed by atoms with Gasteiger partial charge in [0.1, 0.15) is 5.82 Å². The summed E-state index contributed by atoms with van der Waals surface area (Å²) >= 11 is 9.36. The molecule has 0 aliphatic heterocycles. The van der Waals surface area contributed by atoms with Gasteiger partial charge in [0.25, 0.3) is 5.91 Å². The molecule has 0 fully saturated rings. The first-order chi connectivity index (χ1) is 9.77. The Hall–Kier alpha value is -1.46. The molecule has 21 heavy (non-hydrogen) atoms. The van der Waals surface area contributed by atoms with Gasteiger partial charge in [-0.25, -0.2) is 9.97 Å². The first-order valence-corrected chi connectivity index (χ1v) is 7.53. The van der Waals surface area contributed by atoms with E-state index >= 15 is 0 Å². The molecule has 110 valence electrons. The summed E-state index contributed by atoms with van der Waals surface area (Å²) in [6, 6.07) is 5.10. The Balaban J connectivity index is 2.16. The first-order valence-electron chi connectivity index (χ1n) is 6.36. The van der Waals surface area contributed by atoms with Crippen molar-refractivity contribution in [2.24, 2.45) is 0 Å². The molecule has 6 heteroatoms. The Morgan fingerprint density at radius 1 is 1.24 bits per heavy atom. The van der Waals surface area contributed by atoms with E-state index in [1.54, 1.807) is 30.6 Å². The van der Waals surface area contributed by atoms with Crippen LogP contribution in [0.1, 0.15) is 37.0 Å². The lowest BCUT2D eigenvalue weighted by Gasteiger charge is -2.16. The van der Waals surface area contributed by atoms with Gasteiger partial charge in [0.05, 0.1) is 28.7 Å². The van der Waals surface area contributed by atoms with Crippen LogP contribution < -0.4 is 5.32 Å². The van der Waals surface area contributed by atoms with Crippen LogP contribution in [-0.4, -0.2) is 15.9 Å². The minimum atomic E-state index is -0.292. The second-order valence-electron chi connectivity index (χ2n) is 5.62. The van der Waals surface area contributed by atoms with Crippen molar-refractivity contribution in [3.05, 3.63) is 51.5 Å². The number of halogens is 2. The molecule has 0 spiro atoms. The normalized spacial score (nSPS) is 11.3. The maximum Gasteiger partial charge on any atom is 0.257 e. The fraction of sp³-hybridized carbons (Fsp3) is 0.267. The number of rotatable bonds is 2. The second-order valence-corrected chi connectivity index (χ2v) is 6.95. The zero-order valence-electron chi connectivity index (χ0n) is 11.9. The minimum absolute atomic E-state index is 0.127. The molecule has 0 atom stereocenters. The molecule has 0 aliphatic carbocycles. The highest BCUT2D eigenvalue weighted by Crippen LogP contribution is 2.23. The van der Waals surface area contributed by atoms with E-state index < -0.39 is 0 Å². The van der Waals surface area contributed by atoms with E-state index in [1.165, 1.54) is 0 Å². The molecule has 1 aromatic carbocycles. The molecule has 2 aromatic rings. The summed E-state index contributed by atoms with van der Waals surface area (Å²) in [6.45, 7) is 6.09. The van der Waals surface area contributed by atoms with Crippen molar-refractivity contribution in [1.29, 1.82) is 0 Å². The molecular weight excluding hydrogens is 354 g/mol. The zero-order chi connectivity index (χ0) is 15.6. The summed E-state index contributed by atoms with van der Waals surface area (Å²) in [5.41, 5.74) is 0.809. The number of amides is 1. The van der Waals surface area contributed by atoms with Crippen LogP contribution in [-0.2, 0) is 5.41 Å².